The Hall–Kier alpha value is -0.660. The molecule has 1 atom stereocenters. The van der Waals surface area contributed by atoms with Gasteiger partial charge in [0, 0.05) is 6.07 Å². The van der Waals surface area contributed by atoms with Crippen LogP contribution in [-0.4, -0.2) is 26.4 Å². The summed E-state index contributed by atoms with van der Waals surface area (Å²) < 4.78 is 34.2. The highest BCUT2D eigenvalue weighted by molar-refractivity contribution is 7.51. The third-order valence-electron chi connectivity index (χ3n) is 1.64. The van der Waals surface area contributed by atoms with Crippen molar-refractivity contribution >= 4 is 23.7 Å². The highest BCUT2D eigenvalue weighted by Gasteiger charge is 2.07. The molecule has 17 heavy (non-hydrogen) atoms. The van der Waals surface area contributed by atoms with Crippen molar-refractivity contribution < 1.29 is 18.0 Å². The molecule has 0 aliphatic heterocycles. The number of alkyl halides is 2. The van der Waals surface area contributed by atoms with E-state index in [1.54, 1.807) is 6.07 Å². The summed E-state index contributed by atoms with van der Waals surface area (Å²) in [5.41, 5.74) is 6.15. The van der Waals surface area contributed by atoms with Crippen LogP contribution in [0.2, 0.25) is 0 Å². The minimum Gasteiger partial charge on any atom is -0.487 e. The van der Waals surface area contributed by atoms with Gasteiger partial charge >= 0.3 is 0 Å². The van der Waals surface area contributed by atoms with Crippen molar-refractivity contribution in [3.63, 3.8) is 0 Å². The Morgan fingerprint density at radius 3 is 2.53 bits per heavy atom. The first-order valence-corrected chi connectivity index (χ1v) is 6.80. The Morgan fingerprint density at radius 2 is 2.00 bits per heavy atom. The summed E-state index contributed by atoms with van der Waals surface area (Å²) in [6.07, 6.45) is -2.49. The summed E-state index contributed by atoms with van der Waals surface area (Å²) in [7, 11) is -0.611. The third kappa shape index (κ3) is 5.99. The second-order valence-corrected chi connectivity index (χ2v) is 5.11. The number of nitrogen functional groups attached to an aromatic ring is 1. The molecule has 7 heteroatoms. The van der Waals surface area contributed by atoms with Crippen LogP contribution in [0.4, 0.5) is 14.5 Å². The molecule has 1 unspecified atom stereocenters. The summed E-state index contributed by atoms with van der Waals surface area (Å²) in [6, 6.07) is 4.65. The Labute approximate surface area is 104 Å². The van der Waals surface area contributed by atoms with Crippen LogP contribution in [0.15, 0.2) is 18.2 Å². The van der Waals surface area contributed by atoms with Crippen molar-refractivity contribution in [2.45, 2.75) is 6.43 Å². The lowest BCUT2D eigenvalue weighted by Crippen LogP contribution is -2.07. The fourth-order valence-electron chi connectivity index (χ4n) is 1.04. The van der Waals surface area contributed by atoms with Crippen molar-refractivity contribution in [2.75, 3.05) is 25.7 Å². The normalized spacial score (nSPS) is 10.2. The van der Waals surface area contributed by atoms with E-state index in [-0.39, 0.29) is 9.90 Å². The van der Waals surface area contributed by atoms with Gasteiger partial charge in [0.25, 0.3) is 6.43 Å². The highest BCUT2D eigenvalue weighted by atomic mass is 31.1. The van der Waals surface area contributed by atoms with Gasteiger partial charge in [-0.05, 0) is 25.5 Å². The molecule has 0 spiro atoms. The molecule has 0 aromatic heterocycles. The Balaban J connectivity index is 0.00000256. The number of nitrogens with two attached hydrogens (primary N) is 1. The van der Waals surface area contributed by atoms with E-state index in [0.29, 0.717) is 17.2 Å². The maximum atomic E-state index is 11.9. The molecule has 0 fully saturated rings. The lowest BCUT2D eigenvalue weighted by molar-refractivity contribution is 0.0818. The van der Waals surface area contributed by atoms with E-state index in [4.69, 9.17) is 15.0 Å². The van der Waals surface area contributed by atoms with E-state index in [1.165, 1.54) is 12.1 Å². The SMILES string of the molecule is CP(C)Oc1cc(OCC(F)F)ccc1N.P. The summed E-state index contributed by atoms with van der Waals surface area (Å²) in [6.45, 7) is 3.21. The fraction of sp³-hybridized carbons (Fsp3) is 0.400. The molecule has 0 heterocycles. The van der Waals surface area contributed by atoms with Crippen LogP contribution < -0.4 is 15.0 Å². The van der Waals surface area contributed by atoms with Crippen LogP contribution in [0, 0.1) is 0 Å². The van der Waals surface area contributed by atoms with E-state index in [1.807, 2.05) is 13.3 Å². The quantitative estimate of drug-likeness (QED) is 0.667. The zero-order valence-electron chi connectivity index (χ0n) is 9.82. The van der Waals surface area contributed by atoms with Crippen LogP contribution >= 0.6 is 18.0 Å². The third-order valence-corrected chi connectivity index (χ3v) is 2.20. The summed E-state index contributed by atoms with van der Waals surface area (Å²) in [4.78, 5) is 0. The number of anilines is 1. The minimum atomic E-state index is -2.49. The van der Waals surface area contributed by atoms with Gasteiger partial charge in [-0.15, -0.1) is 0 Å². The highest BCUT2D eigenvalue weighted by Crippen LogP contribution is 2.36. The monoisotopic (exact) mass is 283 g/mol. The number of hydrogen-bond donors (Lipinski definition) is 1. The number of hydrogen-bond acceptors (Lipinski definition) is 3. The topological polar surface area (TPSA) is 44.5 Å². The molecule has 2 N–H and O–H groups in total. The molecule has 0 amide bonds. The first-order chi connectivity index (χ1) is 7.49. The molecule has 98 valence electrons. The van der Waals surface area contributed by atoms with E-state index in [2.05, 4.69) is 0 Å². The second kappa shape index (κ2) is 7.62. The molecule has 1 aromatic rings. The van der Waals surface area contributed by atoms with Crippen LogP contribution in [0.5, 0.6) is 11.5 Å². The standard InChI is InChI=1S/C10H14F2NO2P.H3P/c1-16(2)15-9-5-7(3-4-8(9)13)14-6-10(11)12;/h3-5,10H,6,13H2,1-2H3;1H3. The fourth-order valence-corrected chi connectivity index (χ4v) is 1.59. The Morgan fingerprint density at radius 1 is 1.35 bits per heavy atom. The zero-order valence-corrected chi connectivity index (χ0v) is 12.1. The number of benzene rings is 1. The smallest absolute Gasteiger partial charge is 0.272 e. The van der Waals surface area contributed by atoms with Gasteiger partial charge in [0.2, 0.25) is 0 Å². The van der Waals surface area contributed by atoms with Gasteiger partial charge in [0.15, 0.2) is 0 Å². The predicted molar refractivity (Wildman–Crippen MR) is 72.9 cm³/mol. The van der Waals surface area contributed by atoms with Gasteiger partial charge in [-0.25, -0.2) is 8.78 Å². The van der Waals surface area contributed by atoms with Crippen LogP contribution in [-0.2, 0) is 0 Å². The van der Waals surface area contributed by atoms with Gasteiger partial charge in [0.05, 0.1) is 13.8 Å². The molecule has 0 saturated heterocycles. The number of halogens is 2. The molecule has 0 saturated carbocycles. The Kier molecular flexibility index (Phi) is 7.33. The lowest BCUT2D eigenvalue weighted by atomic mass is 10.3. The van der Waals surface area contributed by atoms with Gasteiger partial charge in [-0.2, -0.15) is 9.90 Å². The summed E-state index contributed by atoms with van der Waals surface area (Å²) in [5.74, 6) is 0.809. The predicted octanol–water partition coefficient (Wildman–Crippen LogP) is 3.01. The van der Waals surface area contributed by atoms with Crippen LogP contribution in [0.1, 0.15) is 0 Å². The van der Waals surface area contributed by atoms with Crippen molar-refractivity contribution in [3.05, 3.63) is 18.2 Å². The van der Waals surface area contributed by atoms with Gasteiger partial charge in [-0.3, -0.25) is 0 Å². The van der Waals surface area contributed by atoms with Crippen LogP contribution in [0.3, 0.4) is 0 Å². The largest absolute Gasteiger partial charge is 0.487 e. The van der Waals surface area contributed by atoms with Crippen molar-refractivity contribution in [1.29, 1.82) is 0 Å². The van der Waals surface area contributed by atoms with Gasteiger partial charge in [-0.1, -0.05) is 0 Å². The lowest BCUT2D eigenvalue weighted by Gasteiger charge is -2.13. The van der Waals surface area contributed by atoms with Crippen molar-refractivity contribution in [1.82, 2.24) is 0 Å². The molecule has 0 aliphatic rings. The number of rotatable bonds is 5. The second-order valence-electron chi connectivity index (χ2n) is 3.31. The van der Waals surface area contributed by atoms with Crippen molar-refractivity contribution in [3.8, 4) is 11.5 Å². The molecule has 3 nitrogen and oxygen atoms in total. The van der Waals surface area contributed by atoms with Crippen LogP contribution in [0.25, 0.3) is 0 Å². The van der Waals surface area contributed by atoms with Crippen molar-refractivity contribution in [2.24, 2.45) is 0 Å². The molecule has 0 aliphatic carbocycles. The zero-order chi connectivity index (χ0) is 12.1. The maximum Gasteiger partial charge on any atom is 0.272 e. The minimum absolute atomic E-state index is 0. The van der Waals surface area contributed by atoms with E-state index >= 15 is 0 Å². The molecule has 1 aromatic carbocycles. The molecule has 0 bridgehead atoms. The molecular weight excluding hydrogens is 266 g/mol. The average Bonchev–Trinajstić information content (AvgIpc) is 2.18. The van der Waals surface area contributed by atoms with Gasteiger partial charge < -0.3 is 15.0 Å². The first kappa shape index (κ1) is 16.3. The van der Waals surface area contributed by atoms with E-state index in [9.17, 15) is 8.78 Å². The molecular formula is C10H17F2NO2P2. The number of ether oxygens (including phenoxy) is 1. The maximum absolute atomic E-state index is 11.9. The molecule has 0 radical (unpaired) electrons. The summed E-state index contributed by atoms with van der Waals surface area (Å²) in [5, 5.41) is 0. The van der Waals surface area contributed by atoms with E-state index < -0.39 is 21.2 Å². The van der Waals surface area contributed by atoms with E-state index in [0.717, 1.165) is 0 Å². The summed E-state index contributed by atoms with van der Waals surface area (Å²) >= 11 is 0. The van der Waals surface area contributed by atoms with Gasteiger partial charge in [0.1, 0.15) is 18.1 Å². The Bertz CT molecular complexity index is 351. The average molecular weight is 283 g/mol. The first-order valence-electron chi connectivity index (χ1n) is 4.65. The molecule has 1 rings (SSSR count).